The van der Waals surface area contributed by atoms with Crippen LogP contribution in [0.2, 0.25) is 0 Å². The first-order chi connectivity index (χ1) is 16.7. The van der Waals surface area contributed by atoms with Crippen LogP contribution in [0.15, 0.2) is 66.7 Å². The van der Waals surface area contributed by atoms with Gasteiger partial charge in [0.15, 0.2) is 0 Å². The third-order valence-corrected chi connectivity index (χ3v) is 6.20. The molecule has 180 valence electrons. The van der Waals surface area contributed by atoms with Crippen molar-refractivity contribution in [1.29, 1.82) is 0 Å². The van der Waals surface area contributed by atoms with Gasteiger partial charge in [-0.1, -0.05) is 68.4 Å². The summed E-state index contributed by atoms with van der Waals surface area (Å²) in [7, 11) is 0. The van der Waals surface area contributed by atoms with E-state index in [1.165, 1.54) is 0 Å². The standard InChI is InChI=1S/C27H28N4O4/c1-16(2)23(29-22(32)14-17-11-12-18-7-4-5-8-19(18)13-17)24(33)28-21-10-6-9-20(15-21)27(3)25(34)30-26(35)31-27/h4-13,15-16,23H,14H2,1-3H3,(H,28,33)(H,29,32)(H2,30,31,34,35). The molecule has 4 N–H and O–H groups in total. The largest absolute Gasteiger partial charge is 0.344 e. The quantitative estimate of drug-likeness (QED) is 0.395. The predicted octanol–water partition coefficient (Wildman–Crippen LogP) is 3.22. The molecular formula is C27H28N4O4. The number of carbonyl (C=O) groups excluding carboxylic acids is 4. The van der Waals surface area contributed by atoms with Crippen molar-refractivity contribution in [2.24, 2.45) is 5.92 Å². The van der Waals surface area contributed by atoms with E-state index >= 15 is 0 Å². The van der Waals surface area contributed by atoms with Crippen molar-refractivity contribution in [1.82, 2.24) is 16.0 Å². The van der Waals surface area contributed by atoms with E-state index in [0.29, 0.717) is 11.3 Å². The zero-order valence-corrected chi connectivity index (χ0v) is 19.8. The Morgan fingerprint density at radius 2 is 1.69 bits per heavy atom. The molecule has 2 atom stereocenters. The number of benzene rings is 3. The molecule has 1 saturated heterocycles. The Morgan fingerprint density at radius 3 is 2.37 bits per heavy atom. The van der Waals surface area contributed by atoms with Crippen molar-refractivity contribution in [3.63, 3.8) is 0 Å². The lowest BCUT2D eigenvalue weighted by atomic mass is 9.92. The monoisotopic (exact) mass is 472 g/mol. The van der Waals surface area contributed by atoms with E-state index in [1.807, 2.05) is 56.3 Å². The normalized spacial score (nSPS) is 18.2. The van der Waals surface area contributed by atoms with Crippen molar-refractivity contribution >= 4 is 40.2 Å². The lowest BCUT2D eigenvalue weighted by molar-refractivity contribution is -0.127. The Kier molecular flexibility index (Phi) is 6.55. The highest BCUT2D eigenvalue weighted by atomic mass is 16.2. The number of anilines is 1. The molecule has 4 rings (SSSR count). The molecule has 1 aliphatic heterocycles. The highest BCUT2D eigenvalue weighted by Crippen LogP contribution is 2.26. The maximum atomic E-state index is 13.1. The van der Waals surface area contributed by atoms with E-state index < -0.39 is 23.5 Å². The average Bonchev–Trinajstić information content (AvgIpc) is 3.09. The molecule has 2 unspecified atom stereocenters. The number of imide groups is 1. The zero-order valence-electron chi connectivity index (χ0n) is 19.8. The zero-order chi connectivity index (χ0) is 25.2. The summed E-state index contributed by atoms with van der Waals surface area (Å²) in [6.07, 6.45) is 0.157. The highest BCUT2D eigenvalue weighted by Gasteiger charge is 2.43. The van der Waals surface area contributed by atoms with Crippen LogP contribution in [-0.4, -0.2) is 29.8 Å². The molecule has 1 aliphatic rings. The first-order valence-electron chi connectivity index (χ1n) is 11.5. The predicted molar refractivity (Wildman–Crippen MR) is 134 cm³/mol. The highest BCUT2D eigenvalue weighted by molar-refractivity contribution is 6.07. The number of hydrogen-bond donors (Lipinski definition) is 4. The topological polar surface area (TPSA) is 116 Å². The Bertz CT molecular complexity index is 1320. The summed E-state index contributed by atoms with van der Waals surface area (Å²) < 4.78 is 0. The molecule has 0 saturated carbocycles. The van der Waals surface area contributed by atoms with Crippen molar-refractivity contribution < 1.29 is 19.2 Å². The molecule has 8 heteroatoms. The van der Waals surface area contributed by atoms with E-state index in [2.05, 4.69) is 21.3 Å². The van der Waals surface area contributed by atoms with Gasteiger partial charge in [-0.25, -0.2) is 4.79 Å². The molecule has 0 radical (unpaired) electrons. The number of nitrogens with one attached hydrogen (secondary N) is 4. The molecule has 0 bridgehead atoms. The minimum absolute atomic E-state index is 0.156. The fourth-order valence-corrected chi connectivity index (χ4v) is 4.17. The number of fused-ring (bicyclic) bond motifs is 1. The second-order valence-electron chi connectivity index (χ2n) is 9.25. The molecule has 5 amide bonds. The molecule has 0 spiro atoms. The third kappa shape index (κ3) is 5.16. The van der Waals surface area contributed by atoms with Crippen LogP contribution in [0.5, 0.6) is 0 Å². The number of carbonyl (C=O) groups is 4. The molecule has 35 heavy (non-hydrogen) atoms. The van der Waals surface area contributed by atoms with E-state index in [0.717, 1.165) is 16.3 Å². The van der Waals surface area contributed by atoms with E-state index in [9.17, 15) is 19.2 Å². The van der Waals surface area contributed by atoms with Crippen LogP contribution in [0, 0.1) is 5.92 Å². The SMILES string of the molecule is CC(C)C(NC(=O)Cc1ccc2ccccc2c1)C(=O)Nc1cccc(C2(C)NC(=O)NC2=O)c1. The van der Waals surface area contributed by atoms with Gasteiger partial charge in [-0.15, -0.1) is 0 Å². The van der Waals surface area contributed by atoms with Crippen molar-refractivity contribution in [2.45, 2.75) is 38.8 Å². The van der Waals surface area contributed by atoms with Crippen molar-refractivity contribution in [3.8, 4) is 0 Å². The summed E-state index contributed by atoms with van der Waals surface area (Å²) in [5.74, 6) is -1.24. The molecule has 0 aromatic heterocycles. The fraction of sp³-hybridized carbons (Fsp3) is 0.259. The number of rotatable bonds is 7. The first kappa shape index (κ1) is 23.9. The summed E-state index contributed by atoms with van der Waals surface area (Å²) in [6, 6.07) is 19.2. The maximum absolute atomic E-state index is 13.1. The van der Waals surface area contributed by atoms with Crippen molar-refractivity contribution in [3.05, 3.63) is 77.9 Å². The van der Waals surface area contributed by atoms with Gasteiger partial charge in [0, 0.05) is 5.69 Å². The molecule has 1 heterocycles. The van der Waals surface area contributed by atoms with Crippen LogP contribution >= 0.6 is 0 Å². The van der Waals surface area contributed by atoms with Gasteiger partial charge in [0.05, 0.1) is 6.42 Å². The second kappa shape index (κ2) is 9.58. The fourth-order valence-electron chi connectivity index (χ4n) is 4.17. The number of hydrogen-bond acceptors (Lipinski definition) is 4. The Labute approximate surface area is 203 Å². The van der Waals surface area contributed by atoms with Gasteiger partial charge in [-0.05, 0) is 46.9 Å². The number of urea groups is 1. The van der Waals surface area contributed by atoms with Gasteiger partial charge in [-0.3, -0.25) is 19.7 Å². The van der Waals surface area contributed by atoms with Crippen LogP contribution in [0.1, 0.15) is 31.9 Å². The van der Waals surface area contributed by atoms with Crippen LogP contribution in [0.4, 0.5) is 10.5 Å². The number of amides is 5. The summed E-state index contributed by atoms with van der Waals surface area (Å²) in [5.41, 5.74) is 0.614. The second-order valence-corrected chi connectivity index (χ2v) is 9.25. The van der Waals surface area contributed by atoms with Crippen LogP contribution in [-0.2, 0) is 26.3 Å². The van der Waals surface area contributed by atoms with E-state index in [4.69, 9.17) is 0 Å². The molecule has 8 nitrogen and oxygen atoms in total. The van der Waals surface area contributed by atoms with Gasteiger partial charge >= 0.3 is 6.03 Å². The summed E-state index contributed by atoms with van der Waals surface area (Å²) >= 11 is 0. The maximum Gasteiger partial charge on any atom is 0.322 e. The van der Waals surface area contributed by atoms with Crippen LogP contribution in [0.3, 0.4) is 0 Å². The molecular weight excluding hydrogens is 444 g/mol. The van der Waals surface area contributed by atoms with Gasteiger partial charge in [0.2, 0.25) is 11.8 Å². The lowest BCUT2D eigenvalue weighted by Gasteiger charge is -2.24. The summed E-state index contributed by atoms with van der Waals surface area (Å²) in [5, 5.41) is 12.7. The Morgan fingerprint density at radius 1 is 0.943 bits per heavy atom. The Balaban J connectivity index is 1.44. The molecule has 3 aromatic rings. The van der Waals surface area contributed by atoms with Crippen LogP contribution < -0.4 is 21.3 Å². The lowest BCUT2D eigenvalue weighted by Crippen LogP contribution is -2.47. The summed E-state index contributed by atoms with van der Waals surface area (Å²) in [4.78, 5) is 49.7. The summed E-state index contributed by atoms with van der Waals surface area (Å²) in [6.45, 7) is 5.31. The molecule has 3 aromatic carbocycles. The Hall–Kier alpha value is -4.20. The third-order valence-electron chi connectivity index (χ3n) is 6.20. The van der Waals surface area contributed by atoms with E-state index in [-0.39, 0.29) is 24.2 Å². The van der Waals surface area contributed by atoms with Crippen molar-refractivity contribution in [2.75, 3.05) is 5.32 Å². The van der Waals surface area contributed by atoms with Crippen LogP contribution in [0.25, 0.3) is 10.8 Å². The smallest absolute Gasteiger partial charge is 0.322 e. The average molecular weight is 473 g/mol. The van der Waals surface area contributed by atoms with Gasteiger partial charge < -0.3 is 16.0 Å². The minimum atomic E-state index is -1.23. The molecule has 0 aliphatic carbocycles. The van der Waals surface area contributed by atoms with Gasteiger partial charge in [-0.2, -0.15) is 0 Å². The minimum Gasteiger partial charge on any atom is -0.344 e. The van der Waals surface area contributed by atoms with E-state index in [1.54, 1.807) is 31.2 Å². The van der Waals surface area contributed by atoms with Gasteiger partial charge in [0.1, 0.15) is 11.6 Å². The molecule has 1 fully saturated rings. The van der Waals surface area contributed by atoms with Gasteiger partial charge in [0.25, 0.3) is 5.91 Å². The first-order valence-corrected chi connectivity index (χ1v) is 11.5.